The Balaban J connectivity index is 3.07. The Labute approximate surface area is 104 Å². The predicted molar refractivity (Wildman–Crippen MR) is 70.8 cm³/mol. The SMILES string of the molecule is CC(C)(C)S(=O)(=O)Nc1ccc(Br)cc1N. The number of benzene rings is 1. The number of hydrogen-bond donors (Lipinski definition) is 2. The van der Waals surface area contributed by atoms with Gasteiger partial charge in [0.2, 0.25) is 10.0 Å². The molecule has 0 bridgehead atoms. The number of nitrogens with two attached hydrogens (primary N) is 1. The summed E-state index contributed by atoms with van der Waals surface area (Å²) in [6, 6.07) is 5.01. The van der Waals surface area contributed by atoms with Gasteiger partial charge in [-0.25, -0.2) is 8.42 Å². The Morgan fingerprint density at radius 1 is 1.31 bits per heavy atom. The molecule has 0 spiro atoms. The molecule has 3 N–H and O–H groups in total. The van der Waals surface area contributed by atoms with E-state index in [1.807, 2.05) is 0 Å². The van der Waals surface area contributed by atoms with E-state index < -0.39 is 14.8 Å². The van der Waals surface area contributed by atoms with E-state index in [1.165, 1.54) is 0 Å². The maximum Gasteiger partial charge on any atom is 0.237 e. The Kier molecular flexibility index (Phi) is 3.54. The molecule has 0 aliphatic rings. The van der Waals surface area contributed by atoms with Crippen molar-refractivity contribution in [3.8, 4) is 0 Å². The molecule has 0 aliphatic carbocycles. The largest absolute Gasteiger partial charge is 0.397 e. The van der Waals surface area contributed by atoms with E-state index in [-0.39, 0.29) is 0 Å². The van der Waals surface area contributed by atoms with Crippen molar-refractivity contribution < 1.29 is 8.42 Å². The van der Waals surface area contributed by atoms with Gasteiger partial charge in [0.15, 0.2) is 0 Å². The topological polar surface area (TPSA) is 72.2 Å². The van der Waals surface area contributed by atoms with E-state index in [9.17, 15) is 8.42 Å². The van der Waals surface area contributed by atoms with Crippen molar-refractivity contribution in [2.24, 2.45) is 0 Å². The highest BCUT2D eigenvalue weighted by atomic mass is 79.9. The molecule has 0 fully saturated rings. The molecule has 0 saturated carbocycles. The van der Waals surface area contributed by atoms with Crippen molar-refractivity contribution in [2.45, 2.75) is 25.5 Å². The van der Waals surface area contributed by atoms with Gasteiger partial charge < -0.3 is 5.73 Å². The lowest BCUT2D eigenvalue weighted by molar-refractivity contribution is 0.566. The van der Waals surface area contributed by atoms with Crippen molar-refractivity contribution >= 4 is 37.3 Å². The molecule has 90 valence electrons. The summed E-state index contributed by atoms with van der Waals surface area (Å²) in [6.45, 7) is 4.89. The average molecular weight is 307 g/mol. The molecule has 0 heterocycles. The quantitative estimate of drug-likeness (QED) is 0.825. The first-order valence-corrected chi connectivity index (χ1v) is 6.98. The number of hydrogen-bond acceptors (Lipinski definition) is 3. The molecule has 1 aromatic carbocycles. The van der Waals surface area contributed by atoms with Crippen LogP contribution >= 0.6 is 15.9 Å². The first-order valence-electron chi connectivity index (χ1n) is 4.71. The number of sulfonamides is 1. The van der Waals surface area contributed by atoms with E-state index >= 15 is 0 Å². The summed E-state index contributed by atoms with van der Waals surface area (Å²) in [5, 5.41) is 0. The second-order valence-electron chi connectivity index (χ2n) is 4.45. The summed E-state index contributed by atoms with van der Waals surface area (Å²) >= 11 is 3.26. The van der Waals surface area contributed by atoms with Crippen molar-refractivity contribution in [2.75, 3.05) is 10.5 Å². The lowest BCUT2D eigenvalue weighted by atomic mass is 10.3. The minimum absolute atomic E-state index is 0.391. The molecule has 0 unspecified atom stereocenters. The van der Waals surface area contributed by atoms with Crippen LogP contribution in [-0.2, 0) is 10.0 Å². The van der Waals surface area contributed by atoms with Crippen LogP contribution < -0.4 is 10.5 Å². The van der Waals surface area contributed by atoms with Gasteiger partial charge in [0, 0.05) is 4.47 Å². The van der Waals surface area contributed by atoms with Crippen LogP contribution in [0.5, 0.6) is 0 Å². The molecule has 1 aromatic rings. The zero-order chi connectivity index (χ0) is 12.6. The van der Waals surface area contributed by atoms with Crippen LogP contribution in [-0.4, -0.2) is 13.2 Å². The number of nitrogens with one attached hydrogen (secondary N) is 1. The first kappa shape index (κ1) is 13.3. The third-order valence-electron chi connectivity index (χ3n) is 2.06. The monoisotopic (exact) mass is 306 g/mol. The number of rotatable bonds is 2. The fourth-order valence-electron chi connectivity index (χ4n) is 0.924. The summed E-state index contributed by atoms with van der Waals surface area (Å²) in [5.74, 6) is 0. The first-order chi connectivity index (χ1) is 7.13. The second kappa shape index (κ2) is 4.25. The molecule has 0 atom stereocenters. The van der Waals surface area contributed by atoms with E-state index in [0.717, 1.165) is 4.47 Å². The highest BCUT2D eigenvalue weighted by Crippen LogP contribution is 2.26. The number of halogens is 1. The zero-order valence-electron chi connectivity index (χ0n) is 9.41. The highest BCUT2D eigenvalue weighted by Gasteiger charge is 2.29. The van der Waals surface area contributed by atoms with Gasteiger partial charge >= 0.3 is 0 Å². The molecule has 0 aromatic heterocycles. The summed E-state index contributed by atoms with van der Waals surface area (Å²) in [4.78, 5) is 0. The Bertz CT molecular complexity index is 492. The van der Waals surface area contributed by atoms with Crippen molar-refractivity contribution in [1.29, 1.82) is 0 Å². The second-order valence-corrected chi connectivity index (χ2v) is 7.80. The smallest absolute Gasteiger partial charge is 0.237 e. The highest BCUT2D eigenvalue weighted by molar-refractivity contribution is 9.10. The predicted octanol–water partition coefficient (Wildman–Crippen LogP) is 2.57. The average Bonchev–Trinajstić information content (AvgIpc) is 2.08. The minimum atomic E-state index is -3.43. The molecule has 16 heavy (non-hydrogen) atoms. The van der Waals surface area contributed by atoms with Crippen LogP contribution in [0.4, 0.5) is 11.4 Å². The normalized spacial score (nSPS) is 12.5. The van der Waals surface area contributed by atoms with Crippen LogP contribution in [0.1, 0.15) is 20.8 Å². The Hall–Kier alpha value is -0.750. The molecule has 1 rings (SSSR count). The molecular formula is C10H15BrN2O2S. The van der Waals surface area contributed by atoms with Gasteiger partial charge in [0.25, 0.3) is 0 Å². The maximum absolute atomic E-state index is 11.9. The fraction of sp³-hybridized carbons (Fsp3) is 0.400. The van der Waals surface area contributed by atoms with E-state index in [1.54, 1.807) is 39.0 Å². The van der Waals surface area contributed by atoms with Gasteiger partial charge in [0.1, 0.15) is 0 Å². The van der Waals surface area contributed by atoms with Crippen LogP contribution in [0, 0.1) is 0 Å². The summed E-state index contributed by atoms with van der Waals surface area (Å²) in [6.07, 6.45) is 0. The van der Waals surface area contributed by atoms with Crippen molar-refractivity contribution in [3.05, 3.63) is 22.7 Å². The molecule has 0 aliphatic heterocycles. The molecule has 0 amide bonds. The summed E-state index contributed by atoms with van der Waals surface area (Å²) < 4.78 is 26.2. The molecule has 6 heteroatoms. The third-order valence-corrected chi connectivity index (χ3v) is 4.66. The molecular weight excluding hydrogens is 292 g/mol. The van der Waals surface area contributed by atoms with Crippen molar-refractivity contribution in [3.63, 3.8) is 0 Å². The van der Waals surface area contributed by atoms with E-state index in [2.05, 4.69) is 20.7 Å². The lowest BCUT2D eigenvalue weighted by Gasteiger charge is -2.21. The standard InChI is InChI=1S/C10H15BrN2O2S/c1-10(2,3)16(14,15)13-9-5-4-7(11)6-8(9)12/h4-6,13H,12H2,1-3H3. The van der Waals surface area contributed by atoms with Crippen LogP contribution in [0.15, 0.2) is 22.7 Å². The summed E-state index contributed by atoms with van der Waals surface area (Å²) in [7, 11) is -3.43. The van der Waals surface area contributed by atoms with Crippen LogP contribution in [0.3, 0.4) is 0 Å². The maximum atomic E-state index is 11.9. The van der Waals surface area contributed by atoms with Crippen LogP contribution in [0.25, 0.3) is 0 Å². The van der Waals surface area contributed by atoms with Gasteiger partial charge in [-0.1, -0.05) is 15.9 Å². The lowest BCUT2D eigenvalue weighted by Crippen LogP contribution is -2.33. The third kappa shape index (κ3) is 2.89. The number of nitrogen functional groups attached to an aromatic ring is 1. The van der Waals surface area contributed by atoms with Gasteiger partial charge in [-0.3, -0.25) is 4.72 Å². The van der Waals surface area contributed by atoms with Gasteiger partial charge in [0.05, 0.1) is 16.1 Å². The van der Waals surface area contributed by atoms with Crippen molar-refractivity contribution in [1.82, 2.24) is 0 Å². The molecule has 0 saturated heterocycles. The van der Waals surface area contributed by atoms with Crippen LogP contribution in [0.2, 0.25) is 0 Å². The Morgan fingerprint density at radius 2 is 1.88 bits per heavy atom. The van der Waals surface area contributed by atoms with Gasteiger partial charge in [-0.05, 0) is 39.0 Å². The zero-order valence-corrected chi connectivity index (χ0v) is 11.8. The van der Waals surface area contributed by atoms with Gasteiger partial charge in [-0.15, -0.1) is 0 Å². The van der Waals surface area contributed by atoms with Gasteiger partial charge in [-0.2, -0.15) is 0 Å². The Morgan fingerprint density at radius 3 is 2.31 bits per heavy atom. The molecule has 4 nitrogen and oxygen atoms in total. The summed E-state index contributed by atoms with van der Waals surface area (Å²) in [5.41, 5.74) is 6.51. The molecule has 0 radical (unpaired) electrons. The fourth-order valence-corrected chi connectivity index (χ4v) is 2.08. The number of anilines is 2. The van der Waals surface area contributed by atoms with E-state index in [0.29, 0.717) is 11.4 Å². The minimum Gasteiger partial charge on any atom is -0.397 e. The van der Waals surface area contributed by atoms with E-state index in [4.69, 9.17) is 5.73 Å².